The first kappa shape index (κ1) is 22.9. The minimum absolute atomic E-state index is 0.0745. The number of likely N-dealkylation sites (N-methyl/N-ethyl adjacent to an activating group) is 1. The summed E-state index contributed by atoms with van der Waals surface area (Å²) in [5.41, 5.74) is 0. The lowest BCUT2D eigenvalue weighted by Gasteiger charge is -2.31. The van der Waals surface area contributed by atoms with E-state index in [2.05, 4.69) is 13.8 Å². The van der Waals surface area contributed by atoms with Crippen LogP contribution < -0.4 is 0 Å². The van der Waals surface area contributed by atoms with Gasteiger partial charge in [-0.05, 0) is 12.8 Å². The maximum absolute atomic E-state index is 12.3. The zero-order valence-electron chi connectivity index (χ0n) is 16.4. The summed E-state index contributed by atoms with van der Waals surface area (Å²) in [6.45, 7) is 5.16. The molecule has 142 valence electrons. The molecule has 0 spiro atoms. The Balaban J connectivity index is 4.25. The number of ether oxygens (including phenoxy) is 2. The second-order valence-corrected chi connectivity index (χ2v) is 7.35. The van der Waals surface area contributed by atoms with E-state index in [0.29, 0.717) is 17.7 Å². The van der Waals surface area contributed by atoms with Gasteiger partial charge in [0.15, 0.2) is 6.04 Å². The van der Waals surface area contributed by atoms with Crippen molar-refractivity contribution >= 4 is 11.9 Å². The fourth-order valence-corrected chi connectivity index (χ4v) is 2.40. The Kier molecular flexibility index (Phi) is 12.6. The van der Waals surface area contributed by atoms with E-state index in [1.165, 1.54) is 0 Å². The highest BCUT2D eigenvalue weighted by molar-refractivity contribution is 5.81. The number of quaternary nitrogens is 1. The van der Waals surface area contributed by atoms with Crippen molar-refractivity contribution in [1.82, 2.24) is 0 Å². The van der Waals surface area contributed by atoms with Crippen LogP contribution in [-0.2, 0) is 19.1 Å². The Bertz CT molecular complexity index is 350. The van der Waals surface area contributed by atoms with Crippen molar-refractivity contribution in [2.45, 2.75) is 77.7 Å². The molecule has 1 unspecified atom stereocenters. The summed E-state index contributed by atoms with van der Waals surface area (Å²) in [5.74, 6) is -0.616. The Hall–Kier alpha value is -1.10. The lowest BCUT2D eigenvalue weighted by Crippen LogP contribution is -2.51. The van der Waals surface area contributed by atoms with Crippen molar-refractivity contribution in [3.05, 3.63) is 0 Å². The van der Waals surface area contributed by atoms with Crippen molar-refractivity contribution in [3.8, 4) is 0 Å². The number of esters is 2. The fourth-order valence-electron chi connectivity index (χ4n) is 2.40. The number of carbonyl (C=O) groups excluding carboxylic acids is 2. The Morgan fingerprint density at radius 2 is 1.29 bits per heavy atom. The van der Waals surface area contributed by atoms with E-state index in [1.807, 2.05) is 21.1 Å². The van der Waals surface area contributed by atoms with Gasteiger partial charge >= 0.3 is 11.9 Å². The number of hydrogen-bond donors (Lipinski definition) is 0. The Morgan fingerprint density at radius 3 is 1.75 bits per heavy atom. The fraction of sp³-hybridized carbons (Fsp3) is 0.895. The highest BCUT2D eigenvalue weighted by Crippen LogP contribution is 2.12. The summed E-state index contributed by atoms with van der Waals surface area (Å²) >= 11 is 0. The van der Waals surface area contributed by atoms with Crippen LogP contribution in [0.5, 0.6) is 0 Å². The van der Waals surface area contributed by atoms with Crippen molar-refractivity contribution in [2.24, 2.45) is 0 Å². The summed E-state index contributed by atoms with van der Waals surface area (Å²) in [6.07, 6.45) is 8.60. The van der Waals surface area contributed by atoms with Gasteiger partial charge in [-0.1, -0.05) is 52.4 Å². The van der Waals surface area contributed by atoms with Gasteiger partial charge in [0.25, 0.3) is 0 Å². The van der Waals surface area contributed by atoms with Crippen LogP contribution in [0.2, 0.25) is 0 Å². The predicted octanol–water partition coefficient (Wildman–Crippen LogP) is 3.70. The summed E-state index contributed by atoms with van der Waals surface area (Å²) in [5, 5.41) is 0. The highest BCUT2D eigenvalue weighted by atomic mass is 16.5. The SMILES string of the molecule is CCCCCCOC(=O)CC(C(=O)OCCCCCC)[N+](C)(C)C. The van der Waals surface area contributed by atoms with Gasteiger partial charge in [0.2, 0.25) is 0 Å². The van der Waals surface area contributed by atoms with Gasteiger partial charge < -0.3 is 14.0 Å². The lowest BCUT2D eigenvalue weighted by atomic mass is 10.1. The van der Waals surface area contributed by atoms with Crippen molar-refractivity contribution < 1.29 is 23.5 Å². The number of carbonyl (C=O) groups is 2. The Labute approximate surface area is 148 Å². The largest absolute Gasteiger partial charge is 0.465 e. The molecule has 0 aromatic heterocycles. The molecule has 0 aromatic rings. The van der Waals surface area contributed by atoms with E-state index in [4.69, 9.17) is 9.47 Å². The van der Waals surface area contributed by atoms with Gasteiger partial charge in [0, 0.05) is 0 Å². The van der Waals surface area contributed by atoms with Gasteiger partial charge in [0.1, 0.15) is 6.42 Å². The average Bonchev–Trinajstić information content (AvgIpc) is 2.51. The van der Waals surface area contributed by atoms with Crippen LogP contribution in [0.4, 0.5) is 0 Å². The first-order chi connectivity index (χ1) is 11.3. The minimum atomic E-state index is -0.515. The van der Waals surface area contributed by atoms with Crippen molar-refractivity contribution in [3.63, 3.8) is 0 Å². The molecule has 0 radical (unpaired) electrons. The molecule has 1 atom stereocenters. The zero-order chi connectivity index (χ0) is 18.4. The molecule has 0 amide bonds. The lowest BCUT2D eigenvalue weighted by molar-refractivity contribution is -0.886. The third kappa shape index (κ3) is 11.4. The zero-order valence-corrected chi connectivity index (χ0v) is 16.4. The number of rotatable bonds is 14. The summed E-state index contributed by atoms with van der Waals surface area (Å²) in [4.78, 5) is 24.3. The first-order valence-corrected chi connectivity index (χ1v) is 9.46. The van der Waals surface area contributed by atoms with Crippen LogP contribution in [0.15, 0.2) is 0 Å². The van der Waals surface area contributed by atoms with E-state index in [-0.39, 0.29) is 18.4 Å². The van der Waals surface area contributed by atoms with E-state index < -0.39 is 6.04 Å². The number of hydrogen-bond acceptors (Lipinski definition) is 4. The molecule has 0 N–H and O–H groups in total. The van der Waals surface area contributed by atoms with E-state index in [9.17, 15) is 9.59 Å². The normalized spacial score (nSPS) is 12.7. The third-order valence-corrected chi connectivity index (χ3v) is 4.07. The summed E-state index contributed by atoms with van der Waals surface area (Å²) in [6, 6.07) is -0.515. The van der Waals surface area contributed by atoms with Crippen molar-refractivity contribution in [2.75, 3.05) is 34.4 Å². The molecule has 0 bridgehead atoms. The summed E-state index contributed by atoms with van der Waals surface area (Å²) < 4.78 is 11.0. The van der Waals surface area contributed by atoms with Crippen molar-refractivity contribution in [1.29, 1.82) is 0 Å². The maximum Gasteiger partial charge on any atom is 0.365 e. The van der Waals surface area contributed by atoms with Crippen LogP contribution in [0.3, 0.4) is 0 Å². The molecular weight excluding hydrogens is 306 g/mol. The molecule has 0 aliphatic carbocycles. The third-order valence-electron chi connectivity index (χ3n) is 4.07. The number of unbranched alkanes of at least 4 members (excludes halogenated alkanes) is 6. The summed E-state index contributed by atoms with van der Waals surface area (Å²) in [7, 11) is 5.70. The molecule has 0 fully saturated rings. The van der Waals surface area contributed by atoms with E-state index >= 15 is 0 Å². The second kappa shape index (κ2) is 13.2. The monoisotopic (exact) mass is 344 g/mol. The van der Waals surface area contributed by atoms with E-state index in [1.54, 1.807) is 0 Å². The van der Waals surface area contributed by atoms with Gasteiger partial charge in [-0.3, -0.25) is 4.79 Å². The van der Waals surface area contributed by atoms with Crippen LogP contribution in [0.25, 0.3) is 0 Å². The van der Waals surface area contributed by atoms with Crippen LogP contribution >= 0.6 is 0 Å². The first-order valence-electron chi connectivity index (χ1n) is 9.46. The van der Waals surface area contributed by atoms with Gasteiger partial charge in [-0.15, -0.1) is 0 Å². The maximum atomic E-state index is 12.3. The molecule has 0 aliphatic rings. The molecule has 0 rings (SSSR count). The standard InChI is InChI=1S/C19H38NO4/c1-6-8-10-12-14-23-18(21)16-17(20(3,4)5)19(22)24-15-13-11-9-7-2/h17H,6-16H2,1-5H3/q+1. The molecule has 0 saturated carbocycles. The molecule has 0 aliphatic heterocycles. The number of nitrogens with zero attached hydrogens (tertiary/aromatic N) is 1. The molecule has 5 heteroatoms. The molecule has 0 heterocycles. The molecule has 24 heavy (non-hydrogen) atoms. The molecule has 5 nitrogen and oxygen atoms in total. The predicted molar refractivity (Wildman–Crippen MR) is 96.6 cm³/mol. The quantitative estimate of drug-likeness (QED) is 0.274. The topological polar surface area (TPSA) is 52.6 Å². The molecular formula is C19H38NO4+. The molecule has 0 saturated heterocycles. The van der Waals surface area contributed by atoms with Gasteiger partial charge in [0.05, 0.1) is 34.4 Å². The van der Waals surface area contributed by atoms with Crippen LogP contribution in [0, 0.1) is 0 Å². The van der Waals surface area contributed by atoms with Gasteiger partial charge in [-0.2, -0.15) is 0 Å². The Morgan fingerprint density at radius 1 is 0.792 bits per heavy atom. The highest BCUT2D eigenvalue weighted by Gasteiger charge is 2.35. The second-order valence-electron chi connectivity index (χ2n) is 7.35. The van der Waals surface area contributed by atoms with Crippen LogP contribution in [-0.4, -0.2) is 56.8 Å². The average molecular weight is 345 g/mol. The smallest absolute Gasteiger partial charge is 0.365 e. The minimum Gasteiger partial charge on any atom is -0.465 e. The van der Waals surface area contributed by atoms with Gasteiger partial charge in [-0.25, -0.2) is 4.79 Å². The van der Waals surface area contributed by atoms with Crippen LogP contribution in [0.1, 0.15) is 71.6 Å². The van der Waals surface area contributed by atoms with E-state index in [0.717, 1.165) is 51.4 Å². The molecule has 0 aromatic carbocycles.